The third kappa shape index (κ3) is 2.96. The molecule has 5 nitrogen and oxygen atoms in total. The van der Waals surface area contributed by atoms with Gasteiger partial charge in [0.15, 0.2) is 0 Å². The maximum atomic E-state index is 13.0. The van der Waals surface area contributed by atoms with E-state index >= 15 is 0 Å². The molecule has 2 aromatic carbocycles. The van der Waals surface area contributed by atoms with Gasteiger partial charge in [-0.15, -0.1) is 0 Å². The molecule has 0 spiro atoms. The largest absolute Gasteiger partial charge is 0.369 e. The SMILES string of the molecule is O=S(=O)(c1ccc(N2CCNCC2)cc1)n1ccc2c(Br)cccc21. The van der Waals surface area contributed by atoms with Gasteiger partial charge in [0.1, 0.15) is 0 Å². The van der Waals surface area contributed by atoms with E-state index in [1.54, 1.807) is 18.3 Å². The monoisotopic (exact) mass is 419 g/mol. The molecule has 0 amide bonds. The fourth-order valence-corrected chi connectivity index (χ4v) is 5.01. The zero-order valence-electron chi connectivity index (χ0n) is 13.5. The van der Waals surface area contributed by atoms with Gasteiger partial charge in [-0.2, -0.15) is 0 Å². The number of rotatable bonds is 3. The van der Waals surface area contributed by atoms with Crippen molar-refractivity contribution in [2.75, 3.05) is 31.1 Å². The first-order chi connectivity index (χ1) is 12.1. The molecule has 0 radical (unpaired) electrons. The minimum atomic E-state index is -3.62. The van der Waals surface area contributed by atoms with Crippen molar-refractivity contribution < 1.29 is 8.42 Å². The molecule has 0 saturated carbocycles. The number of hydrogen-bond donors (Lipinski definition) is 1. The third-order valence-corrected chi connectivity index (χ3v) is 6.92. The number of nitrogens with zero attached hydrogens (tertiary/aromatic N) is 2. The normalized spacial score (nSPS) is 15.6. The molecule has 1 fully saturated rings. The van der Waals surface area contributed by atoms with Crippen LogP contribution in [0.1, 0.15) is 0 Å². The molecule has 4 rings (SSSR count). The van der Waals surface area contributed by atoms with Crippen molar-refractivity contribution in [1.82, 2.24) is 9.29 Å². The first-order valence-corrected chi connectivity index (χ1v) is 10.4. The third-order valence-electron chi connectivity index (χ3n) is 4.52. The van der Waals surface area contributed by atoms with Crippen LogP contribution in [-0.4, -0.2) is 38.6 Å². The highest BCUT2D eigenvalue weighted by atomic mass is 79.9. The Bertz CT molecular complexity index is 1010. The molecule has 1 aromatic heterocycles. The highest BCUT2D eigenvalue weighted by Crippen LogP contribution is 2.28. The molecule has 1 saturated heterocycles. The summed E-state index contributed by atoms with van der Waals surface area (Å²) in [7, 11) is -3.62. The summed E-state index contributed by atoms with van der Waals surface area (Å²) in [6.45, 7) is 3.76. The van der Waals surface area contributed by atoms with E-state index in [2.05, 4.69) is 26.1 Å². The van der Waals surface area contributed by atoms with E-state index in [0.717, 1.165) is 41.7 Å². The summed E-state index contributed by atoms with van der Waals surface area (Å²) < 4.78 is 28.3. The Kier molecular flexibility index (Phi) is 4.31. The van der Waals surface area contributed by atoms with Gasteiger partial charge in [0.05, 0.1) is 10.4 Å². The van der Waals surface area contributed by atoms with Gasteiger partial charge in [-0.05, 0) is 42.5 Å². The summed E-state index contributed by atoms with van der Waals surface area (Å²) in [6, 6.07) is 14.5. The highest BCUT2D eigenvalue weighted by Gasteiger charge is 2.20. The number of anilines is 1. The van der Waals surface area contributed by atoms with Crippen molar-refractivity contribution in [1.29, 1.82) is 0 Å². The summed E-state index contributed by atoms with van der Waals surface area (Å²) in [5.74, 6) is 0. The van der Waals surface area contributed by atoms with Crippen LogP contribution in [0.3, 0.4) is 0 Å². The smallest absolute Gasteiger partial charge is 0.268 e. The predicted octanol–water partition coefficient (Wildman–Crippen LogP) is 3.05. The lowest BCUT2D eigenvalue weighted by Crippen LogP contribution is -2.43. The summed E-state index contributed by atoms with van der Waals surface area (Å²) in [5, 5.41) is 4.19. The van der Waals surface area contributed by atoms with Crippen LogP contribution in [-0.2, 0) is 10.0 Å². The lowest BCUT2D eigenvalue weighted by atomic mass is 10.2. The van der Waals surface area contributed by atoms with Crippen LogP contribution in [0, 0.1) is 0 Å². The topological polar surface area (TPSA) is 54.3 Å². The molecule has 130 valence electrons. The molecule has 0 unspecified atom stereocenters. The minimum absolute atomic E-state index is 0.295. The Balaban J connectivity index is 1.71. The van der Waals surface area contributed by atoms with Gasteiger partial charge < -0.3 is 10.2 Å². The maximum Gasteiger partial charge on any atom is 0.268 e. The number of fused-ring (bicyclic) bond motifs is 1. The number of piperazine rings is 1. The maximum absolute atomic E-state index is 13.0. The average molecular weight is 420 g/mol. The van der Waals surface area contributed by atoms with Gasteiger partial charge in [0, 0.05) is 47.9 Å². The van der Waals surface area contributed by atoms with E-state index < -0.39 is 10.0 Å². The van der Waals surface area contributed by atoms with Gasteiger partial charge in [0.25, 0.3) is 10.0 Å². The van der Waals surface area contributed by atoms with E-state index in [-0.39, 0.29) is 0 Å². The van der Waals surface area contributed by atoms with Crippen LogP contribution < -0.4 is 10.2 Å². The summed E-state index contributed by atoms with van der Waals surface area (Å²) in [6.07, 6.45) is 1.61. The molecule has 25 heavy (non-hydrogen) atoms. The summed E-state index contributed by atoms with van der Waals surface area (Å²) in [5.41, 5.74) is 1.72. The second-order valence-electron chi connectivity index (χ2n) is 6.02. The number of benzene rings is 2. The zero-order chi connectivity index (χ0) is 17.4. The quantitative estimate of drug-likeness (QED) is 0.708. The molecular weight excluding hydrogens is 402 g/mol. The van der Waals surface area contributed by atoms with Gasteiger partial charge in [-0.1, -0.05) is 22.0 Å². The van der Waals surface area contributed by atoms with E-state index in [1.165, 1.54) is 3.97 Å². The van der Waals surface area contributed by atoms with Crippen molar-refractivity contribution >= 4 is 42.5 Å². The molecule has 0 aliphatic carbocycles. The second-order valence-corrected chi connectivity index (χ2v) is 8.69. The Morgan fingerprint density at radius 1 is 0.960 bits per heavy atom. The van der Waals surface area contributed by atoms with Crippen molar-refractivity contribution in [2.45, 2.75) is 4.90 Å². The molecule has 1 N–H and O–H groups in total. The number of aromatic nitrogens is 1. The van der Waals surface area contributed by atoms with Gasteiger partial charge in [-0.3, -0.25) is 0 Å². The van der Waals surface area contributed by atoms with Crippen molar-refractivity contribution in [3.8, 4) is 0 Å². The van der Waals surface area contributed by atoms with Crippen LogP contribution in [0.25, 0.3) is 10.9 Å². The molecular formula is C18H18BrN3O2S. The summed E-state index contributed by atoms with van der Waals surface area (Å²) >= 11 is 3.47. The Hall–Kier alpha value is -1.83. The van der Waals surface area contributed by atoms with Crippen LogP contribution in [0.5, 0.6) is 0 Å². The fraction of sp³-hybridized carbons (Fsp3) is 0.222. The first kappa shape index (κ1) is 16.6. The first-order valence-electron chi connectivity index (χ1n) is 8.14. The van der Waals surface area contributed by atoms with Crippen molar-refractivity contribution in [3.05, 3.63) is 59.2 Å². The Labute approximate surface area is 155 Å². The molecule has 1 aliphatic heterocycles. The lowest BCUT2D eigenvalue weighted by Gasteiger charge is -2.29. The summed E-state index contributed by atoms with van der Waals surface area (Å²) in [4.78, 5) is 2.55. The van der Waals surface area contributed by atoms with Gasteiger partial charge in [-0.25, -0.2) is 12.4 Å². The Morgan fingerprint density at radius 2 is 1.68 bits per heavy atom. The van der Waals surface area contributed by atoms with E-state index in [0.29, 0.717) is 10.4 Å². The second kappa shape index (κ2) is 6.48. The van der Waals surface area contributed by atoms with Crippen LogP contribution in [0.15, 0.2) is 64.1 Å². The van der Waals surface area contributed by atoms with E-state index in [1.807, 2.05) is 36.4 Å². The molecule has 0 atom stereocenters. The number of halogens is 1. The standard InChI is InChI=1S/C18H18BrN3O2S/c19-17-2-1-3-18-16(17)8-11-22(18)25(23,24)15-6-4-14(5-7-15)21-12-9-20-10-13-21/h1-8,11,20H,9-10,12-13H2. The van der Waals surface area contributed by atoms with Crippen molar-refractivity contribution in [3.63, 3.8) is 0 Å². The molecule has 0 bridgehead atoms. The molecule has 3 aromatic rings. The van der Waals surface area contributed by atoms with Crippen LogP contribution >= 0.6 is 15.9 Å². The molecule has 7 heteroatoms. The lowest BCUT2D eigenvalue weighted by molar-refractivity contribution is 0.586. The predicted molar refractivity (Wildman–Crippen MR) is 104 cm³/mol. The number of hydrogen-bond acceptors (Lipinski definition) is 4. The van der Waals surface area contributed by atoms with Gasteiger partial charge >= 0.3 is 0 Å². The van der Waals surface area contributed by atoms with Crippen LogP contribution in [0.4, 0.5) is 5.69 Å². The van der Waals surface area contributed by atoms with Crippen LogP contribution in [0.2, 0.25) is 0 Å². The fourth-order valence-electron chi connectivity index (χ4n) is 3.18. The zero-order valence-corrected chi connectivity index (χ0v) is 15.9. The highest BCUT2D eigenvalue weighted by molar-refractivity contribution is 9.10. The minimum Gasteiger partial charge on any atom is -0.369 e. The molecule has 1 aliphatic rings. The van der Waals surface area contributed by atoms with Crippen molar-refractivity contribution in [2.24, 2.45) is 0 Å². The van der Waals surface area contributed by atoms with E-state index in [9.17, 15) is 8.42 Å². The van der Waals surface area contributed by atoms with Gasteiger partial charge in [0.2, 0.25) is 0 Å². The average Bonchev–Trinajstić information content (AvgIpc) is 3.09. The molecule has 2 heterocycles. The van der Waals surface area contributed by atoms with E-state index in [4.69, 9.17) is 0 Å². The Morgan fingerprint density at radius 3 is 2.40 bits per heavy atom. The number of nitrogens with one attached hydrogen (secondary N) is 1.